The van der Waals surface area contributed by atoms with Gasteiger partial charge in [0.25, 0.3) is 11.8 Å². The number of anilines is 2. The van der Waals surface area contributed by atoms with Crippen LogP contribution in [0.1, 0.15) is 31.8 Å². The van der Waals surface area contributed by atoms with Crippen molar-refractivity contribution in [3.8, 4) is 0 Å². The molecule has 0 aromatic heterocycles. The normalized spacial score (nSPS) is 10.9. The minimum absolute atomic E-state index is 0.0778. The first kappa shape index (κ1) is 28.8. The molecule has 0 atom stereocenters. The van der Waals surface area contributed by atoms with Gasteiger partial charge in [-0.05, 0) is 73.2 Å². The van der Waals surface area contributed by atoms with Crippen LogP contribution < -0.4 is 16.0 Å². The second kappa shape index (κ2) is 13.8. The molecule has 0 fully saturated rings. The molecule has 9 heteroatoms. The molecule has 0 saturated carbocycles. The van der Waals surface area contributed by atoms with E-state index < -0.39 is 17.8 Å². The zero-order chi connectivity index (χ0) is 29.2. The van der Waals surface area contributed by atoms with Gasteiger partial charge in [0.2, 0.25) is 5.91 Å². The molecule has 41 heavy (non-hydrogen) atoms. The van der Waals surface area contributed by atoms with Crippen molar-refractivity contribution in [2.24, 2.45) is 0 Å². The average Bonchev–Trinajstić information content (AvgIpc) is 2.97. The standard InChI is InChI=1S/C32H27N3O5S/c1-21-10-12-22(13-11-21)18-28(35-30(37)23-6-3-2-4-7-23)31(38)34-26-8-5-9-27(19-26)41-20-29(36)33-25-16-14-24(15-17-25)32(39)40/h2-19H,20H2,1H3,(H,33,36)(H,34,38)(H,35,37)(H,39,40)/b28-18-. The lowest BCUT2D eigenvalue weighted by Crippen LogP contribution is -2.30. The Balaban J connectivity index is 1.42. The lowest BCUT2D eigenvalue weighted by molar-refractivity contribution is -0.114. The van der Waals surface area contributed by atoms with E-state index >= 15 is 0 Å². The summed E-state index contributed by atoms with van der Waals surface area (Å²) in [6.45, 7) is 1.96. The van der Waals surface area contributed by atoms with Crippen LogP contribution in [0.3, 0.4) is 0 Å². The lowest BCUT2D eigenvalue weighted by Gasteiger charge is -2.12. The van der Waals surface area contributed by atoms with Gasteiger partial charge < -0.3 is 21.1 Å². The van der Waals surface area contributed by atoms with Gasteiger partial charge in [0, 0.05) is 21.8 Å². The number of rotatable bonds is 10. The molecule has 0 aliphatic carbocycles. The van der Waals surface area contributed by atoms with Crippen molar-refractivity contribution < 1.29 is 24.3 Å². The highest BCUT2D eigenvalue weighted by Gasteiger charge is 2.15. The van der Waals surface area contributed by atoms with E-state index in [4.69, 9.17) is 5.11 Å². The number of thioether (sulfide) groups is 1. The van der Waals surface area contributed by atoms with Gasteiger partial charge in [0.15, 0.2) is 0 Å². The highest BCUT2D eigenvalue weighted by molar-refractivity contribution is 8.00. The number of hydrogen-bond donors (Lipinski definition) is 4. The fourth-order valence-electron chi connectivity index (χ4n) is 3.68. The van der Waals surface area contributed by atoms with E-state index in [9.17, 15) is 19.2 Å². The number of aryl methyl sites for hydroxylation is 1. The third-order valence-electron chi connectivity index (χ3n) is 5.79. The fourth-order valence-corrected chi connectivity index (χ4v) is 4.43. The van der Waals surface area contributed by atoms with Crippen LogP contribution in [0, 0.1) is 6.92 Å². The number of amides is 3. The van der Waals surface area contributed by atoms with Crippen LogP contribution in [0.2, 0.25) is 0 Å². The molecular formula is C32H27N3O5S. The molecule has 4 aromatic carbocycles. The zero-order valence-electron chi connectivity index (χ0n) is 22.1. The lowest BCUT2D eigenvalue weighted by atomic mass is 10.1. The quantitative estimate of drug-likeness (QED) is 0.142. The van der Waals surface area contributed by atoms with Crippen molar-refractivity contribution in [2.45, 2.75) is 11.8 Å². The number of carbonyl (C=O) groups is 4. The fraction of sp³-hybridized carbons (Fsp3) is 0.0625. The molecule has 0 saturated heterocycles. The summed E-state index contributed by atoms with van der Waals surface area (Å²) in [5.74, 6) is -2.11. The maximum absolute atomic E-state index is 13.3. The first-order valence-electron chi connectivity index (χ1n) is 12.6. The highest BCUT2D eigenvalue weighted by Crippen LogP contribution is 2.23. The molecule has 4 rings (SSSR count). The molecule has 0 bridgehead atoms. The molecule has 206 valence electrons. The Morgan fingerprint density at radius 2 is 1.46 bits per heavy atom. The third kappa shape index (κ3) is 8.67. The Bertz CT molecular complexity index is 1580. The molecule has 0 radical (unpaired) electrons. The van der Waals surface area contributed by atoms with Crippen molar-refractivity contribution in [2.75, 3.05) is 16.4 Å². The van der Waals surface area contributed by atoms with Crippen molar-refractivity contribution >= 4 is 52.9 Å². The van der Waals surface area contributed by atoms with E-state index in [0.717, 1.165) is 16.0 Å². The maximum atomic E-state index is 13.3. The topological polar surface area (TPSA) is 125 Å². The van der Waals surface area contributed by atoms with Crippen molar-refractivity contribution in [3.05, 3.63) is 131 Å². The summed E-state index contributed by atoms with van der Waals surface area (Å²) in [5.41, 5.74) is 3.44. The minimum Gasteiger partial charge on any atom is -0.478 e. The molecule has 3 amide bonds. The van der Waals surface area contributed by atoms with E-state index in [1.54, 1.807) is 54.6 Å². The molecule has 8 nitrogen and oxygen atoms in total. The van der Waals surface area contributed by atoms with Crippen LogP contribution in [0.15, 0.2) is 114 Å². The number of carboxylic acid groups (broad SMARTS) is 1. The van der Waals surface area contributed by atoms with Gasteiger partial charge in [-0.25, -0.2) is 4.79 Å². The van der Waals surface area contributed by atoms with Gasteiger partial charge in [-0.15, -0.1) is 11.8 Å². The predicted octanol–water partition coefficient (Wildman–Crippen LogP) is 5.83. The monoisotopic (exact) mass is 565 g/mol. The number of nitrogens with one attached hydrogen (secondary N) is 3. The van der Waals surface area contributed by atoms with Crippen LogP contribution in [-0.2, 0) is 9.59 Å². The van der Waals surface area contributed by atoms with E-state index in [2.05, 4.69) is 16.0 Å². The number of carbonyl (C=O) groups excluding carboxylic acids is 3. The Labute approximate surface area is 241 Å². The van der Waals surface area contributed by atoms with E-state index in [-0.39, 0.29) is 22.9 Å². The van der Waals surface area contributed by atoms with Crippen molar-refractivity contribution in [3.63, 3.8) is 0 Å². The molecular weight excluding hydrogens is 538 g/mol. The Kier molecular flexibility index (Phi) is 9.69. The summed E-state index contributed by atoms with van der Waals surface area (Å²) in [6.07, 6.45) is 1.61. The van der Waals surface area contributed by atoms with E-state index in [1.807, 2.05) is 37.3 Å². The highest BCUT2D eigenvalue weighted by atomic mass is 32.2. The molecule has 0 aliphatic rings. The number of aromatic carboxylic acids is 1. The summed E-state index contributed by atoms with van der Waals surface area (Å²) in [7, 11) is 0. The largest absolute Gasteiger partial charge is 0.478 e. The second-order valence-electron chi connectivity index (χ2n) is 8.99. The summed E-state index contributed by atoms with van der Waals surface area (Å²) >= 11 is 1.28. The summed E-state index contributed by atoms with van der Waals surface area (Å²) in [4.78, 5) is 50.3. The average molecular weight is 566 g/mol. The number of carboxylic acids is 1. The van der Waals surface area contributed by atoms with Gasteiger partial charge >= 0.3 is 5.97 Å². The smallest absolute Gasteiger partial charge is 0.335 e. The van der Waals surface area contributed by atoms with Crippen LogP contribution in [0.4, 0.5) is 11.4 Å². The molecule has 4 aromatic rings. The first-order chi connectivity index (χ1) is 19.8. The molecule has 0 aliphatic heterocycles. The summed E-state index contributed by atoms with van der Waals surface area (Å²) < 4.78 is 0. The van der Waals surface area contributed by atoms with E-state index in [1.165, 1.54) is 36.0 Å². The summed E-state index contributed by atoms with van der Waals surface area (Å²) in [6, 6.07) is 29.1. The summed E-state index contributed by atoms with van der Waals surface area (Å²) in [5, 5.41) is 17.3. The molecule has 0 heterocycles. The van der Waals surface area contributed by atoms with Gasteiger partial charge in [-0.3, -0.25) is 14.4 Å². The number of hydrogen-bond acceptors (Lipinski definition) is 5. The Morgan fingerprint density at radius 1 is 0.756 bits per heavy atom. The Hall–Kier alpha value is -5.15. The van der Waals surface area contributed by atoms with Crippen LogP contribution in [0.25, 0.3) is 6.08 Å². The van der Waals surface area contributed by atoms with Gasteiger partial charge in [-0.1, -0.05) is 54.1 Å². The predicted molar refractivity (Wildman–Crippen MR) is 161 cm³/mol. The van der Waals surface area contributed by atoms with Crippen LogP contribution in [0.5, 0.6) is 0 Å². The molecule has 0 unspecified atom stereocenters. The van der Waals surface area contributed by atoms with Crippen LogP contribution in [-0.4, -0.2) is 34.6 Å². The molecule has 0 spiro atoms. The van der Waals surface area contributed by atoms with Crippen LogP contribution >= 0.6 is 11.8 Å². The first-order valence-corrected chi connectivity index (χ1v) is 13.6. The molecule has 4 N–H and O–H groups in total. The Morgan fingerprint density at radius 3 is 2.15 bits per heavy atom. The third-order valence-corrected chi connectivity index (χ3v) is 6.79. The van der Waals surface area contributed by atoms with Gasteiger partial charge in [0.1, 0.15) is 5.70 Å². The minimum atomic E-state index is -1.04. The van der Waals surface area contributed by atoms with E-state index in [0.29, 0.717) is 16.9 Å². The van der Waals surface area contributed by atoms with Crippen molar-refractivity contribution in [1.82, 2.24) is 5.32 Å². The second-order valence-corrected chi connectivity index (χ2v) is 10.0. The number of benzene rings is 4. The van der Waals surface area contributed by atoms with Crippen molar-refractivity contribution in [1.29, 1.82) is 0 Å². The SMILES string of the molecule is Cc1ccc(/C=C(\NC(=O)c2ccccc2)C(=O)Nc2cccc(SCC(=O)Nc3ccc(C(=O)O)cc3)c2)cc1. The zero-order valence-corrected chi connectivity index (χ0v) is 22.9. The van der Waals surface area contributed by atoms with Gasteiger partial charge in [-0.2, -0.15) is 0 Å². The van der Waals surface area contributed by atoms with Gasteiger partial charge in [0.05, 0.1) is 11.3 Å². The maximum Gasteiger partial charge on any atom is 0.335 e.